The van der Waals surface area contributed by atoms with Crippen LogP contribution in [-0.4, -0.2) is 82.3 Å². The predicted octanol–water partition coefficient (Wildman–Crippen LogP) is 2.02. The van der Waals surface area contributed by atoms with Gasteiger partial charge in [0, 0.05) is 39.3 Å². The van der Waals surface area contributed by atoms with Gasteiger partial charge in [0.25, 0.3) is 0 Å². The van der Waals surface area contributed by atoms with Crippen LogP contribution >= 0.6 is 24.0 Å². The average Bonchev–Trinajstić information content (AvgIpc) is 3.15. The molecule has 2 N–H and O–H groups in total. The maximum atomic E-state index is 5.57. The highest BCUT2D eigenvalue weighted by Crippen LogP contribution is 2.17. The molecular formula is C19H36IN5O2. The maximum Gasteiger partial charge on any atom is 0.191 e. The molecule has 2 rings (SSSR count). The Labute approximate surface area is 180 Å². The lowest BCUT2D eigenvalue weighted by atomic mass is 10.0. The van der Waals surface area contributed by atoms with Gasteiger partial charge in [-0.2, -0.15) is 0 Å². The molecule has 156 valence electrons. The highest BCUT2D eigenvalue weighted by molar-refractivity contribution is 14.0. The van der Waals surface area contributed by atoms with E-state index in [0.717, 1.165) is 51.1 Å². The molecule has 2 atom stereocenters. The van der Waals surface area contributed by atoms with Gasteiger partial charge in [-0.3, -0.25) is 14.8 Å². The minimum absolute atomic E-state index is 0. The summed E-state index contributed by atoms with van der Waals surface area (Å²) >= 11 is 0. The number of nitrogens with one attached hydrogen (secondary N) is 2. The van der Waals surface area contributed by atoms with Crippen molar-refractivity contribution >= 4 is 29.9 Å². The van der Waals surface area contributed by atoms with Crippen molar-refractivity contribution in [3.8, 4) is 0 Å². The second-order valence-corrected chi connectivity index (χ2v) is 7.29. The minimum atomic E-state index is 0. The van der Waals surface area contributed by atoms with Gasteiger partial charge in [0.05, 0.1) is 25.5 Å². The molecule has 2 unspecified atom stereocenters. The number of halogens is 1. The van der Waals surface area contributed by atoms with Gasteiger partial charge < -0.3 is 19.8 Å². The Kier molecular flexibility index (Phi) is 11.3. The van der Waals surface area contributed by atoms with Crippen LogP contribution in [0.5, 0.6) is 0 Å². The van der Waals surface area contributed by atoms with Crippen LogP contribution in [-0.2, 0) is 4.74 Å². The molecule has 1 saturated heterocycles. The summed E-state index contributed by atoms with van der Waals surface area (Å²) < 4.78 is 11.1. The van der Waals surface area contributed by atoms with Gasteiger partial charge >= 0.3 is 0 Å². The van der Waals surface area contributed by atoms with Crippen molar-refractivity contribution in [2.45, 2.75) is 25.9 Å². The molecule has 0 bridgehead atoms. The van der Waals surface area contributed by atoms with Crippen LogP contribution in [0.1, 0.15) is 25.6 Å². The number of rotatable bonds is 8. The van der Waals surface area contributed by atoms with Crippen LogP contribution in [0.15, 0.2) is 27.8 Å². The fourth-order valence-corrected chi connectivity index (χ4v) is 3.33. The van der Waals surface area contributed by atoms with E-state index in [1.807, 2.05) is 19.2 Å². The van der Waals surface area contributed by atoms with Gasteiger partial charge in [0.1, 0.15) is 5.76 Å². The molecule has 0 amide bonds. The van der Waals surface area contributed by atoms with Crippen LogP contribution in [0.25, 0.3) is 0 Å². The zero-order valence-electron chi connectivity index (χ0n) is 17.3. The van der Waals surface area contributed by atoms with Crippen molar-refractivity contribution in [1.82, 2.24) is 20.4 Å². The lowest BCUT2D eigenvalue weighted by Crippen LogP contribution is -2.53. The summed E-state index contributed by atoms with van der Waals surface area (Å²) in [7, 11) is 5.92. The Hall–Kier alpha value is -0.840. The van der Waals surface area contributed by atoms with E-state index in [4.69, 9.17) is 9.15 Å². The first-order chi connectivity index (χ1) is 12.5. The fraction of sp³-hybridized carbons (Fsp3) is 0.737. The normalized spacial score (nSPS) is 18.3. The Bertz CT molecular complexity index is 530. The third-order valence-corrected chi connectivity index (χ3v) is 4.94. The lowest BCUT2D eigenvalue weighted by Gasteiger charge is -2.37. The van der Waals surface area contributed by atoms with Crippen molar-refractivity contribution in [1.29, 1.82) is 0 Å². The first-order valence-corrected chi connectivity index (χ1v) is 9.49. The summed E-state index contributed by atoms with van der Waals surface area (Å²) in [5, 5.41) is 6.93. The molecule has 1 aliphatic heterocycles. The van der Waals surface area contributed by atoms with Crippen molar-refractivity contribution in [3.05, 3.63) is 24.2 Å². The third kappa shape index (κ3) is 7.59. The van der Waals surface area contributed by atoms with E-state index >= 15 is 0 Å². The van der Waals surface area contributed by atoms with E-state index in [1.54, 1.807) is 6.26 Å². The molecule has 0 spiro atoms. The van der Waals surface area contributed by atoms with Gasteiger partial charge in [0.2, 0.25) is 0 Å². The number of nitrogens with zero attached hydrogens (tertiary/aromatic N) is 3. The Morgan fingerprint density at radius 3 is 2.41 bits per heavy atom. The SMILES string of the molecule is CN=C(NCC(c1ccco1)N(C)C)NCC(C(C)C)N1CCOCC1.I. The van der Waals surface area contributed by atoms with Crippen LogP contribution in [0.2, 0.25) is 0 Å². The summed E-state index contributed by atoms with van der Waals surface area (Å²) in [6, 6.07) is 4.56. The van der Waals surface area contributed by atoms with Crippen LogP contribution in [0.4, 0.5) is 0 Å². The monoisotopic (exact) mass is 493 g/mol. The number of hydrogen-bond acceptors (Lipinski definition) is 5. The molecule has 8 heteroatoms. The summed E-state index contributed by atoms with van der Waals surface area (Å²) in [6.45, 7) is 9.78. The highest BCUT2D eigenvalue weighted by atomic mass is 127. The van der Waals surface area contributed by atoms with Gasteiger partial charge in [-0.05, 0) is 32.1 Å². The lowest BCUT2D eigenvalue weighted by molar-refractivity contribution is 0.00752. The number of guanidine groups is 1. The number of morpholine rings is 1. The number of likely N-dealkylation sites (N-methyl/N-ethyl adjacent to an activating group) is 1. The Morgan fingerprint density at radius 2 is 1.89 bits per heavy atom. The standard InChI is InChI=1S/C19H35N5O2.HI/c1-15(2)16(24-8-11-25-12-9-24)13-21-19(20-3)22-14-17(23(4)5)18-7-6-10-26-18;/h6-7,10,15-17H,8-9,11-14H2,1-5H3,(H2,20,21,22);1H. The largest absolute Gasteiger partial charge is 0.468 e. The van der Waals surface area contributed by atoms with Crippen LogP contribution in [0.3, 0.4) is 0 Å². The fourth-order valence-electron chi connectivity index (χ4n) is 3.33. The van der Waals surface area contributed by atoms with Crippen molar-refractivity contribution in [2.24, 2.45) is 10.9 Å². The molecule has 0 saturated carbocycles. The van der Waals surface area contributed by atoms with Gasteiger partial charge in [-0.1, -0.05) is 13.8 Å². The van der Waals surface area contributed by atoms with E-state index in [2.05, 4.69) is 53.4 Å². The molecule has 1 aliphatic rings. The van der Waals surface area contributed by atoms with Gasteiger partial charge in [0.15, 0.2) is 5.96 Å². The van der Waals surface area contributed by atoms with E-state index in [9.17, 15) is 0 Å². The smallest absolute Gasteiger partial charge is 0.191 e. The first-order valence-electron chi connectivity index (χ1n) is 9.49. The molecular weight excluding hydrogens is 457 g/mol. The molecule has 27 heavy (non-hydrogen) atoms. The molecule has 0 aliphatic carbocycles. The molecule has 1 aromatic rings. The number of aliphatic imine (C=N–C) groups is 1. The molecule has 1 fully saturated rings. The van der Waals surface area contributed by atoms with E-state index in [0.29, 0.717) is 12.0 Å². The Morgan fingerprint density at radius 1 is 1.22 bits per heavy atom. The summed E-state index contributed by atoms with van der Waals surface area (Å²) in [5.41, 5.74) is 0. The summed E-state index contributed by atoms with van der Waals surface area (Å²) in [5.74, 6) is 2.34. The quantitative estimate of drug-likeness (QED) is 0.328. The summed E-state index contributed by atoms with van der Waals surface area (Å²) in [6.07, 6.45) is 1.72. The Balaban J connectivity index is 0.00000364. The highest BCUT2D eigenvalue weighted by Gasteiger charge is 2.24. The number of hydrogen-bond donors (Lipinski definition) is 2. The van der Waals surface area contributed by atoms with Crippen molar-refractivity contribution in [2.75, 3.05) is 60.5 Å². The summed E-state index contributed by atoms with van der Waals surface area (Å²) in [4.78, 5) is 9.04. The molecule has 0 radical (unpaired) electrons. The number of furan rings is 1. The molecule has 0 aromatic carbocycles. The number of ether oxygens (including phenoxy) is 1. The maximum absolute atomic E-state index is 5.57. The molecule has 7 nitrogen and oxygen atoms in total. The van der Waals surface area contributed by atoms with Gasteiger partial charge in [-0.25, -0.2) is 0 Å². The van der Waals surface area contributed by atoms with Crippen LogP contribution < -0.4 is 10.6 Å². The minimum Gasteiger partial charge on any atom is -0.468 e. The zero-order chi connectivity index (χ0) is 18.9. The zero-order valence-corrected chi connectivity index (χ0v) is 19.6. The van der Waals surface area contributed by atoms with Gasteiger partial charge in [-0.15, -0.1) is 24.0 Å². The topological polar surface area (TPSA) is 65.3 Å². The predicted molar refractivity (Wildman–Crippen MR) is 121 cm³/mol. The van der Waals surface area contributed by atoms with E-state index < -0.39 is 0 Å². The average molecular weight is 493 g/mol. The second kappa shape index (κ2) is 12.6. The van der Waals surface area contributed by atoms with E-state index in [-0.39, 0.29) is 30.0 Å². The second-order valence-electron chi connectivity index (χ2n) is 7.29. The molecule has 1 aromatic heterocycles. The van der Waals surface area contributed by atoms with E-state index in [1.165, 1.54) is 0 Å². The third-order valence-electron chi connectivity index (χ3n) is 4.94. The first kappa shape index (κ1) is 24.2. The van der Waals surface area contributed by atoms with Crippen LogP contribution in [0, 0.1) is 5.92 Å². The molecule has 2 heterocycles. The van der Waals surface area contributed by atoms with Crippen molar-refractivity contribution in [3.63, 3.8) is 0 Å². The van der Waals surface area contributed by atoms with Crippen molar-refractivity contribution < 1.29 is 9.15 Å².